The number of nitrogens with zero attached hydrogens (tertiary/aromatic N) is 3. The Morgan fingerprint density at radius 3 is 3.04 bits per heavy atom. The van der Waals surface area contributed by atoms with Crippen molar-refractivity contribution in [3.63, 3.8) is 0 Å². The van der Waals surface area contributed by atoms with Crippen LogP contribution in [-0.2, 0) is 11.3 Å². The number of aromatic nitrogens is 2. The predicted octanol–water partition coefficient (Wildman–Crippen LogP) is 3.29. The summed E-state index contributed by atoms with van der Waals surface area (Å²) >= 11 is 1.75. The molecular weight excluding hydrogens is 356 g/mol. The van der Waals surface area contributed by atoms with Crippen LogP contribution in [0.15, 0.2) is 32.5 Å². The van der Waals surface area contributed by atoms with Crippen LogP contribution < -0.4 is 16.4 Å². The highest BCUT2D eigenvalue weighted by atomic mass is 32.2. The summed E-state index contributed by atoms with van der Waals surface area (Å²) in [5.41, 5.74) is 7.43. The van der Waals surface area contributed by atoms with Crippen LogP contribution in [-0.4, -0.2) is 22.9 Å². The lowest BCUT2D eigenvalue weighted by Crippen LogP contribution is -2.33. The Morgan fingerprint density at radius 1 is 1.52 bits per heavy atom. The zero-order valence-electron chi connectivity index (χ0n) is 16.6. The molecule has 0 radical (unpaired) electrons. The zero-order chi connectivity index (χ0) is 19.4. The second-order valence-electron chi connectivity index (χ2n) is 7.12. The molecule has 1 atom stereocenters. The topological polar surface area (TPSA) is 65.4 Å². The second-order valence-corrected chi connectivity index (χ2v) is 8.22. The molecule has 6 heteroatoms. The van der Waals surface area contributed by atoms with E-state index in [1.165, 1.54) is 29.1 Å². The van der Waals surface area contributed by atoms with Gasteiger partial charge in [-0.15, -0.1) is 0 Å². The number of rotatable bonds is 7. The standard InChI is InChI=1S/C21H30N4OS/c1-5-7-8-10-25-17(6-2)18(20(22)23-4)24-21(25)27-16-12-14(3)19-15(13-16)9-11-26-19/h6,13-14H,4-5,7-12,22H2,1-3H3/b17-6+,20-18+. The predicted molar refractivity (Wildman–Crippen MR) is 114 cm³/mol. The second kappa shape index (κ2) is 8.83. The lowest BCUT2D eigenvalue weighted by Gasteiger charge is -2.20. The molecule has 1 aliphatic heterocycles. The highest BCUT2D eigenvalue weighted by Gasteiger charge is 2.27. The van der Waals surface area contributed by atoms with Crippen molar-refractivity contribution in [2.24, 2.45) is 16.6 Å². The van der Waals surface area contributed by atoms with Crippen LogP contribution in [0.5, 0.6) is 0 Å². The van der Waals surface area contributed by atoms with Crippen LogP contribution in [0, 0.1) is 5.92 Å². The summed E-state index contributed by atoms with van der Waals surface area (Å²) in [4.78, 5) is 10.1. The summed E-state index contributed by atoms with van der Waals surface area (Å²) in [5, 5.41) is 2.76. The highest BCUT2D eigenvalue weighted by Crippen LogP contribution is 2.41. The first-order chi connectivity index (χ1) is 13.1. The summed E-state index contributed by atoms with van der Waals surface area (Å²) in [7, 11) is 0. The van der Waals surface area contributed by atoms with E-state index in [-0.39, 0.29) is 0 Å². The Bertz CT molecular complexity index is 894. The molecule has 0 saturated carbocycles. The van der Waals surface area contributed by atoms with Crippen molar-refractivity contribution in [2.45, 2.75) is 64.6 Å². The molecule has 0 fully saturated rings. The van der Waals surface area contributed by atoms with Crippen molar-refractivity contribution < 1.29 is 4.74 Å². The van der Waals surface area contributed by atoms with Gasteiger partial charge in [0.2, 0.25) is 0 Å². The minimum atomic E-state index is 0.388. The minimum absolute atomic E-state index is 0.388. The van der Waals surface area contributed by atoms with Gasteiger partial charge in [0.1, 0.15) is 11.1 Å². The Hall–Kier alpha value is -1.95. The summed E-state index contributed by atoms with van der Waals surface area (Å²) in [6.07, 6.45) is 9.89. The van der Waals surface area contributed by atoms with E-state index in [0.717, 1.165) is 48.3 Å². The van der Waals surface area contributed by atoms with Crippen LogP contribution in [0.4, 0.5) is 0 Å². The van der Waals surface area contributed by atoms with Crippen LogP contribution in [0.25, 0.3) is 11.9 Å². The van der Waals surface area contributed by atoms with E-state index in [4.69, 9.17) is 15.5 Å². The molecule has 0 saturated heterocycles. The van der Waals surface area contributed by atoms with Gasteiger partial charge in [-0.05, 0) is 43.0 Å². The zero-order valence-corrected chi connectivity index (χ0v) is 17.4. The fourth-order valence-corrected chi connectivity index (χ4v) is 4.94. The number of hydrogen-bond donors (Lipinski definition) is 1. The van der Waals surface area contributed by atoms with Gasteiger partial charge < -0.3 is 15.0 Å². The summed E-state index contributed by atoms with van der Waals surface area (Å²) in [6.45, 7) is 11.8. The van der Waals surface area contributed by atoms with Gasteiger partial charge in [0.25, 0.3) is 0 Å². The number of imidazole rings is 1. The fraction of sp³-hybridized carbons (Fsp3) is 0.524. The third-order valence-corrected chi connectivity index (χ3v) is 6.14. The molecule has 27 heavy (non-hydrogen) atoms. The van der Waals surface area contributed by atoms with Crippen molar-refractivity contribution in [1.29, 1.82) is 0 Å². The van der Waals surface area contributed by atoms with Crippen LogP contribution in [0.1, 0.15) is 52.9 Å². The quantitative estimate of drug-likeness (QED) is 0.577. The Morgan fingerprint density at radius 2 is 2.33 bits per heavy atom. The third kappa shape index (κ3) is 4.15. The van der Waals surface area contributed by atoms with Gasteiger partial charge in [-0.2, -0.15) is 0 Å². The van der Waals surface area contributed by atoms with Gasteiger partial charge in [0.15, 0.2) is 11.0 Å². The van der Waals surface area contributed by atoms with Crippen molar-refractivity contribution in [3.05, 3.63) is 33.0 Å². The van der Waals surface area contributed by atoms with E-state index < -0.39 is 0 Å². The molecule has 1 unspecified atom stereocenters. The van der Waals surface area contributed by atoms with Crippen LogP contribution >= 0.6 is 11.8 Å². The highest BCUT2D eigenvalue weighted by molar-refractivity contribution is 8.02. The average molecular weight is 387 g/mol. The van der Waals surface area contributed by atoms with Crippen molar-refractivity contribution in [2.75, 3.05) is 6.61 Å². The van der Waals surface area contributed by atoms with Gasteiger partial charge in [-0.1, -0.05) is 44.5 Å². The molecule has 146 valence electrons. The van der Waals surface area contributed by atoms with E-state index in [0.29, 0.717) is 11.7 Å². The van der Waals surface area contributed by atoms with Crippen molar-refractivity contribution in [3.8, 4) is 0 Å². The Labute approximate surface area is 165 Å². The smallest absolute Gasteiger partial charge is 0.173 e. The van der Waals surface area contributed by atoms with Crippen molar-refractivity contribution >= 4 is 30.4 Å². The van der Waals surface area contributed by atoms with Gasteiger partial charge >= 0.3 is 0 Å². The van der Waals surface area contributed by atoms with E-state index in [1.807, 2.05) is 6.92 Å². The minimum Gasteiger partial charge on any atom is -0.497 e. The SMILES string of the molecule is C=N/C(N)=c1/nc(SC2=CC3=C(OCC3)C(C)C2)n(CCCCC)/c1=C/C. The molecule has 3 rings (SSSR count). The van der Waals surface area contributed by atoms with E-state index in [1.54, 1.807) is 11.8 Å². The molecule has 2 heterocycles. The molecule has 0 aromatic carbocycles. The molecule has 1 aliphatic carbocycles. The maximum Gasteiger partial charge on any atom is 0.173 e. The molecule has 1 aromatic rings. The third-order valence-electron chi connectivity index (χ3n) is 5.10. The van der Waals surface area contributed by atoms with Gasteiger partial charge in [-0.25, -0.2) is 9.98 Å². The maximum absolute atomic E-state index is 6.08. The first kappa shape index (κ1) is 19.8. The first-order valence-corrected chi connectivity index (χ1v) is 10.6. The van der Waals surface area contributed by atoms with Crippen molar-refractivity contribution in [1.82, 2.24) is 9.55 Å². The number of thioether (sulfide) groups is 1. The molecule has 0 amide bonds. The number of allylic oxidation sites excluding steroid dienone is 3. The summed E-state index contributed by atoms with van der Waals surface area (Å²) < 4.78 is 8.09. The lowest BCUT2D eigenvalue weighted by molar-refractivity contribution is 0.211. The van der Waals surface area contributed by atoms with E-state index >= 15 is 0 Å². The number of unbranched alkanes of at least 4 members (excludes halogenated alkanes) is 2. The van der Waals surface area contributed by atoms with Gasteiger partial charge in [0.05, 0.1) is 12.0 Å². The maximum atomic E-state index is 6.08. The molecule has 5 nitrogen and oxygen atoms in total. The molecule has 0 spiro atoms. The Balaban J connectivity index is 1.99. The number of nitrogens with two attached hydrogens (primary N) is 1. The van der Waals surface area contributed by atoms with E-state index in [2.05, 4.69) is 42.3 Å². The summed E-state index contributed by atoms with van der Waals surface area (Å²) in [5.74, 6) is 2.00. The fourth-order valence-electron chi connectivity index (χ4n) is 3.74. The van der Waals surface area contributed by atoms with Gasteiger partial charge in [-0.3, -0.25) is 0 Å². The molecule has 2 N–H and O–H groups in total. The normalized spacial score (nSPS) is 21.1. The number of hydrogen-bond acceptors (Lipinski definition) is 5. The number of aliphatic imine (C=N–C) groups is 1. The largest absolute Gasteiger partial charge is 0.497 e. The Kier molecular flexibility index (Phi) is 6.47. The van der Waals surface area contributed by atoms with Gasteiger partial charge in [0, 0.05) is 18.9 Å². The lowest BCUT2D eigenvalue weighted by atomic mass is 9.95. The molecule has 1 aromatic heterocycles. The monoisotopic (exact) mass is 386 g/mol. The molecule has 0 bridgehead atoms. The van der Waals surface area contributed by atoms with Crippen LogP contribution in [0.2, 0.25) is 0 Å². The first-order valence-electron chi connectivity index (χ1n) is 9.82. The van der Waals surface area contributed by atoms with Crippen LogP contribution in [0.3, 0.4) is 0 Å². The molecule has 2 aliphatic rings. The van der Waals surface area contributed by atoms with E-state index in [9.17, 15) is 0 Å². The number of ether oxygens (including phenoxy) is 1. The molecular formula is C21H30N4OS. The average Bonchev–Trinajstić information content (AvgIpc) is 3.26. The summed E-state index contributed by atoms with van der Waals surface area (Å²) in [6, 6.07) is 0.